The standard InChI is InChI=1S/C8H18N2O6S2/c11-17(12,8-6-16-18(13,14)15)7-5-10-3-1-9-2-4-10/h9H,1-8H2,(H,13,14,15). The van der Waals surface area contributed by atoms with Crippen LogP contribution < -0.4 is 5.32 Å². The van der Waals surface area contributed by atoms with Crippen molar-refractivity contribution >= 4 is 20.2 Å². The molecule has 0 aromatic rings. The zero-order valence-electron chi connectivity index (χ0n) is 9.91. The lowest BCUT2D eigenvalue weighted by Crippen LogP contribution is -2.45. The van der Waals surface area contributed by atoms with Gasteiger partial charge in [0.1, 0.15) is 0 Å². The van der Waals surface area contributed by atoms with Crippen molar-refractivity contribution < 1.29 is 25.6 Å². The molecule has 0 unspecified atom stereocenters. The number of rotatable bonds is 7. The largest absolute Gasteiger partial charge is 0.397 e. The van der Waals surface area contributed by atoms with Crippen LogP contribution in [0.3, 0.4) is 0 Å². The molecule has 0 atom stereocenters. The van der Waals surface area contributed by atoms with Gasteiger partial charge in [-0.1, -0.05) is 0 Å². The molecule has 1 aliphatic heterocycles. The highest BCUT2D eigenvalue weighted by atomic mass is 32.3. The third-order valence-electron chi connectivity index (χ3n) is 2.55. The molecule has 108 valence electrons. The van der Waals surface area contributed by atoms with E-state index < -0.39 is 32.6 Å². The third kappa shape index (κ3) is 7.24. The first-order valence-electron chi connectivity index (χ1n) is 5.54. The predicted molar refractivity (Wildman–Crippen MR) is 65.5 cm³/mol. The summed E-state index contributed by atoms with van der Waals surface area (Å²) in [4.78, 5) is 2.03. The maximum absolute atomic E-state index is 11.6. The normalized spacial score (nSPS) is 18.9. The molecule has 1 heterocycles. The molecule has 10 heteroatoms. The smallest absolute Gasteiger partial charge is 0.314 e. The molecule has 1 aliphatic rings. The maximum Gasteiger partial charge on any atom is 0.397 e. The highest BCUT2D eigenvalue weighted by Crippen LogP contribution is 1.98. The average molecular weight is 302 g/mol. The van der Waals surface area contributed by atoms with E-state index in [1.807, 2.05) is 4.90 Å². The van der Waals surface area contributed by atoms with Crippen molar-refractivity contribution in [3.63, 3.8) is 0 Å². The monoisotopic (exact) mass is 302 g/mol. The Kier molecular flexibility index (Phi) is 5.95. The average Bonchev–Trinajstić information content (AvgIpc) is 2.26. The Morgan fingerprint density at radius 3 is 2.28 bits per heavy atom. The van der Waals surface area contributed by atoms with Gasteiger partial charge in [0.05, 0.1) is 18.1 Å². The minimum atomic E-state index is -4.57. The second-order valence-electron chi connectivity index (χ2n) is 3.99. The molecular weight excluding hydrogens is 284 g/mol. The summed E-state index contributed by atoms with van der Waals surface area (Å²) in [6, 6.07) is 0. The first-order valence-corrected chi connectivity index (χ1v) is 8.72. The Bertz CT molecular complexity index is 440. The van der Waals surface area contributed by atoms with Gasteiger partial charge in [0, 0.05) is 32.7 Å². The molecule has 0 spiro atoms. The molecule has 0 aromatic heterocycles. The summed E-state index contributed by atoms with van der Waals surface area (Å²) >= 11 is 0. The Labute approximate surface area is 107 Å². The minimum Gasteiger partial charge on any atom is -0.314 e. The van der Waals surface area contributed by atoms with E-state index in [-0.39, 0.29) is 5.75 Å². The fourth-order valence-electron chi connectivity index (χ4n) is 1.57. The van der Waals surface area contributed by atoms with Gasteiger partial charge in [-0.25, -0.2) is 12.6 Å². The van der Waals surface area contributed by atoms with Crippen LogP contribution in [-0.2, 0) is 24.4 Å². The number of nitrogens with zero attached hydrogens (tertiary/aromatic N) is 1. The molecule has 18 heavy (non-hydrogen) atoms. The minimum absolute atomic E-state index is 0.0398. The van der Waals surface area contributed by atoms with Crippen molar-refractivity contribution in [1.82, 2.24) is 10.2 Å². The molecule has 1 fully saturated rings. The maximum atomic E-state index is 11.6. The Balaban J connectivity index is 2.26. The summed E-state index contributed by atoms with van der Waals surface area (Å²) in [7, 11) is -7.93. The summed E-state index contributed by atoms with van der Waals surface area (Å²) in [6.07, 6.45) is 0. The first-order chi connectivity index (χ1) is 8.29. The van der Waals surface area contributed by atoms with Crippen molar-refractivity contribution in [2.45, 2.75) is 0 Å². The number of hydrogen-bond donors (Lipinski definition) is 2. The quantitative estimate of drug-likeness (QED) is 0.526. The van der Waals surface area contributed by atoms with Crippen molar-refractivity contribution in [1.29, 1.82) is 0 Å². The van der Waals surface area contributed by atoms with E-state index in [0.717, 1.165) is 26.2 Å². The second-order valence-corrected chi connectivity index (χ2v) is 7.39. The van der Waals surface area contributed by atoms with Crippen molar-refractivity contribution in [2.75, 3.05) is 50.8 Å². The summed E-state index contributed by atoms with van der Waals surface area (Å²) in [5, 5.41) is 3.16. The van der Waals surface area contributed by atoms with Crippen molar-refractivity contribution in [3.05, 3.63) is 0 Å². The molecule has 1 rings (SSSR count). The zero-order chi connectivity index (χ0) is 13.6. The zero-order valence-corrected chi connectivity index (χ0v) is 11.5. The van der Waals surface area contributed by atoms with Crippen LogP contribution in [0.5, 0.6) is 0 Å². The lowest BCUT2D eigenvalue weighted by atomic mass is 10.4. The summed E-state index contributed by atoms with van der Waals surface area (Å²) in [6.45, 7) is 3.16. The van der Waals surface area contributed by atoms with E-state index in [1.54, 1.807) is 0 Å². The number of hydrogen-bond acceptors (Lipinski definition) is 7. The molecule has 0 radical (unpaired) electrons. The van der Waals surface area contributed by atoms with Crippen LogP contribution in [0.15, 0.2) is 0 Å². The van der Waals surface area contributed by atoms with E-state index in [9.17, 15) is 16.8 Å². The molecule has 0 aromatic carbocycles. The van der Waals surface area contributed by atoms with Gasteiger partial charge < -0.3 is 5.32 Å². The fraction of sp³-hybridized carbons (Fsp3) is 1.00. The lowest BCUT2D eigenvalue weighted by Gasteiger charge is -2.26. The molecule has 0 aliphatic carbocycles. The van der Waals surface area contributed by atoms with Crippen LogP contribution in [0, 0.1) is 0 Å². The van der Waals surface area contributed by atoms with Crippen LogP contribution in [0.1, 0.15) is 0 Å². The third-order valence-corrected chi connectivity index (χ3v) is 4.61. The van der Waals surface area contributed by atoms with Gasteiger partial charge in [-0.05, 0) is 0 Å². The fourth-order valence-corrected chi connectivity index (χ4v) is 3.05. The Morgan fingerprint density at radius 2 is 1.72 bits per heavy atom. The topological polar surface area (TPSA) is 113 Å². The van der Waals surface area contributed by atoms with Gasteiger partial charge in [-0.15, -0.1) is 0 Å². The molecule has 0 saturated carbocycles. The molecule has 2 N–H and O–H groups in total. The van der Waals surface area contributed by atoms with E-state index in [2.05, 4.69) is 9.50 Å². The first kappa shape index (κ1) is 15.8. The Hall–Kier alpha value is -0.260. The van der Waals surface area contributed by atoms with Gasteiger partial charge in [-0.3, -0.25) is 9.45 Å². The molecular formula is C8H18N2O6S2. The molecule has 0 bridgehead atoms. The highest BCUT2D eigenvalue weighted by Gasteiger charge is 2.16. The summed E-state index contributed by atoms with van der Waals surface area (Å²) in [5.74, 6) is -0.458. The van der Waals surface area contributed by atoms with Crippen LogP contribution in [0.4, 0.5) is 0 Å². The number of sulfone groups is 1. The lowest BCUT2D eigenvalue weighted by molar-refractivity contribution is 0.253. The predicted octanol–water partition coefficient (Wildman–Crippen LogP) is -1.87. The molecule has 1 saturated heterocycles. The van der Waals surface area contributed by atoms with Gasteiger partial charge in [-0.2, -0.15) is 8.42 Å². The van der Waals surface area contributed by atoms with Crippen molar-refractivity contribution in [3.8, 4) is 0 Å². The van der Waals surface area contributed by atoms with Crippen LogP contribution in [0.25, 0.3) is 0 Å². The van der Waals surface area contributed by atoms with Gasteiger partial charge in [0.2, 0.25) is 0 Å². The van der Waals surface area contributed by atoms with Gasteiger partial charge >= 0.3 is 10.4 Å². The van der Waals surface area contributed by atoms with Crippen LogP contribution in [0.2, 0.25) is 0 Å². The Morgan fingerprint density at radius 1 is 1.11 bits per heavy atom. The van der Waals surface area contributed by atoms with E-state index in [1.165, 1.54) is 0 Å². The van der Waals surface area contributed by atoms with E-state index in [4.69, 9.17) is 4.55 Å². The van der Waals surface area contributed by atoms with Gasteiger partial charge in [0.25, 0.3) is 0 Å². The number of piperazine rings is 1. The van der Waals surface area contributed by atoms with Gasteiger partial charge in [0.15, 0.2) is 9.84 Å². The van der Waals surface area contributed by atoms with E-state index >= 15 is 0 Å². The molecule has 8 nitrogen and oxygen atoms in total. The second kappa shape index (κ2) is 6.78. The van der Waals surface area contributed by atoms with Crippen LogP contribution >= 0.6 is 0 Å². The number of nitrogens with one attached hydrogen (secondary N) is 1. The van der Waals surface area contributed by atoms with E-state index in [0.29, 0.717) is 6.54 Å². The van der Waals surface area contributed by atoms with Crippen LogP contribution in [-0.4, -0.2) is 77.1 Å². The summed E-state index contributed by atoms with van der Waals surface area (Å²) < 4.78 is 55.9. The highest BCUT2D eigenvalue weighted by molar-refractivity contribution is 7.91. The molecule has 0 amide bonds. The van der Waals surface area contributed by atoms with Crippen molar-refractivity contribution in [2.24, 2.45) is 0 Å². The SMILES string of the molecule is O=S(=O)(CCOS(=O)(=O)O)CCN1CCNCC1. The summed E-state index contributed by atoms with van der Waals surface area (Å²) in [5.41, 5.74) is 0.